The number of hydrogen-bond donors (Lipinski definition) is 0. The number of piperazine rings is 1. The van der Waals surface area contributed by atoms with E-state index in [0.717, 1.165) is 0 Å². The average Bonchev–Trinajstić information content (AvgIpc) is 2.84. The zero-order valence-electron chi connectivity index (χ0n) is 12.0. The molecule has 7 nitrogen and oxygen atoms in total. The van der Waals surface area contributed by atoms with E-state index in [-0.39, 0.29) is 11.8 Å². The number of carbonyl (C=O) groups is 2. The lowest BCUT2D eigenvalue weighted by atomic mass is 10.2. The van der Waals surface area contributed by atoms with Crippen LogP contribution in [0.5, 0.6) is 0 Å². The highest BCUT2D eigenvalue weighted by Gasteiger charge is 2.21. The van der Waals surface area contributed by atoms with E-state index in [1.807, 2.05) is 4.90 Å². The van der Waals surface area contributed by atoms with Crippen molar-refractivity contribution >= 4 is 11.8 Å². The molecule has 0 aliphatic carbocycles. The molecule has 1 aliphatic rings. The van der Waals surface area contributed by atoms with Crippen LogP contribution in [0.3, 0.4) is 0 Å². The van der Waals surface area contributed by atoms with Gasteiger partial charge in [0.05, 0.1) is 0 Å². The van der Waals surface area contributed by atoms with Crippen LogP contribution in [0.2, 0.25) is 0 Å². The van der Waals surface area contributed by atoms with Gasteiger partial charge in [-0.25, -0.2) is 0 Å². The number of nitrogens with zero attached hydrogens (tertiary/aromatic N) is 4. The Morgan fingerprint density at radius 1 is 1.20 bits per heavy atom. The summed E-state index contributed by atoms with van der Waals surface area (Å²) >= 11 is 0. The minimum atomic E-state index is 0.0730. The first-order valence-electron chi connectivity index (χ1n) is 6.88. The Balaban J connectivity index is 1.69. The van der Waals surface area contributed by atoms with E-state index in [4.69, 9.17) is 4.52 Å². The molecule has 0 N–H and O–H groups in total. The van der Waals surface area contributed by atoms with E-state index in [1.165, 1.54) is 0 Å². The predicted octanol–water partition coefficient (Wildman–Crippen LogP) is 0.391. The summed E-state index contributed by atoms with van der Waals surface area (Å²) in [5.41, 5.74) is 0. The van der Waals surface area contributed by atoms with Gasteiger partial charge in [-0.1, -0.05) is 5.16 Å². The molecule has 20 heavy (non-hydrogen) atoms. The van der Waals surface area contributed by atoms with Crippen molar-refractivity contribution in [2.24, 2.45) is 0 Å². The van der Waals surface area contributed by atoms with Crippen molar-refractivity contribution in [3.63, 3.8) is 0 Å². The van der Waals surface area contributed by atoms with Crippen LogP contribution < -0.4 is 0 Å². The second kappa shape index (κ2) is 6.49. The van der Waals surface area contributed by atoms with Crippen LogP contribution in [-0.4, -0.2) is 57.9 Å². The molecule has 1 aromatic rings. The SMILES string of the molecule is CC(=O)N1CCN(C(=O)CCCc2nc(C)no2)CC1. The Bertz CT molecular complexity index is 478. The summed E-state index contributed by atoms with van der Waals surface area (Å²) in [7, 11) is 0. The van der Waals surface area contributed by atoms with E-state index in [9.17, 15) is 9.59 Å². The number of aromatic nitrogens is 2. The Kier molecular flexibility index (Phi) is 4.70. The van der Waals surface area contributed by atoms with Gasteiger partial charge in [0.1, 0.15) is 0 Å². The molecule has 0 atom stereocenters. The summed E-state index contributed by atoms with van der Waals surface area (Å²) in [5.74, 6) is 1.40. The molecule has 2 amide bonds. The van der Waals surface area contributed by atoms with Crippen molar-refractivity contribution in [1.82, 2.24) is 19.9 Å². The minimum Gasteiger partial charge on any atom is -0.339 e. The van der Waals surface area contributed by atoms with Gasteiger partial charge >= 0.3 is 0 Å². The largest absolute Gasteiger partial charge is 0.339 e. The van der Waals surface area contributed by atoms with Gasteiger partial charge in [0.2, 0.25) is 17.7 Å². The van der Waals surface area contributed by atoms with Crippen molar-refractivity contribution in [3.8, 4) is 0 Å². The van der Waals surface area contributed by atoms with E-state index in [0.29, 0.717) is 57.2 Å². The lowest BCUT2D eigenvalue weighted by molar-refractivity contribution is -0.138. The molecule has 0 bridgehead atoms. The number of amides is 2. The number of aryl methyl sites for hydroxylation is 2. The van der Waals surface area contributed by atoms with Gasteiger partial charge in [-0.3, -0.25) is 9.59 Å². The average molecular weight is 280 g/mol. The smallest absolute Gasteiger partial charge is 0.226 e. The van der Waals surface area contributed by atoms with Crippen LogP contribution in [0.4, 0.5) is 0 Å². The molecule has 0 saturated carbocycles. The maximum absolute atomic E-state index is 12.0. The molecule has 7 heteroatoms. The van der Waals surface area contributed by atoms with E-state index in [2.05, 4.69) is 10.1 Å². The van der Waals surface area contributed by atoms with Gasteiger partial charge in [-0.05, 0) is 13.3 Å². The van der Waals surface area contributed by atoms with Crippen LogP contribution >= 0.6 is 0 Å². The van der Waals surface area contributed by atoms with E-state index in [1.54, 1.807) is 18.7 Å². The van der Waals surface area contributed by atoms with Gasteiger partial charge < -0.3 is 14.3 Å². The first-order chi connectivity index (χ1) is 9.56. The predicted molar refractivity (Wildman–Crippen MR) is 70.8 cm³/mol. The molecular weight excluding hydrogens is 260 g/mol. The van der Waals surface area contributed by atoms with Crippen LogP contribution in [0, 0.1) is 6.92 Å². The number of carbonyl (C=O) groups excluding carboxylic acids is 2. The van der Waals surface area contributed by atoms with Gasteiger partial charge in [-0.15, -0.1) is 0 Å². The normalized spacial score (nSPS) is 15.5. The fourth-order valence-electron chi connectivity index (χ4n) is 2.26. The quantitative estimate of drug-likeness (QED) is 0.797. The Morgan fingerprint density at radius 2 is 1.85 bits per heavy atom. The molecule has 0 radical (unpaired) electrons. The highest BCUT2D eigenvalue weighted by atomic mass is 16.5. The van der Waals surface area contributed by atoms with Gasteiger partial charge in [0, 0.05) is 45.9 Å². The number of hydrogen-bond acceptors (Lipinski definition) is 5. The maximum Gasteiger partial charge on any atom is 0.226 e. The van der Waals surface area contributed by atoms with Crippen LogP contribution in [0.1, 0.15) is 31.5 Å². The van der Waals surface area contributed by atoms with Crippen molar-refractivity contribution < 1.29 is 14.1 Å². The summed E-state index contributed by atoms with van der Waals surface area (Å²) in [6, 6.07) is 0. The molecule has 1 aliphatic heterocycles. The third kappa shape index (κ3) is 3.79. The fraction of sp³-hybridized carbons (Fsp3) is 0.692. The molecular formula is C13H20N4O3. The minimum absolute atomic E-state index is 0.0730. The summed E-state index contributed by atoms with van der Waals surface area (Å²) in [6.45, 7) is 5.83. The maximum atomic E-state index is 12.0. The highest BCUT2D eigenvalue weighted by Crippen LogP contribution is 2.08. The van der Waals surface area contributed by atoms with Crippen LogP contribution in [0.15, 0.2) is 4.52 Å². The third-order valence-corrected chi connectivity index (χ3v) is 3.43. The lowest BCUT2D eigenvalue weighted by Crippen LogP contribution is -2.50. The molecule has 110 valence electrons. The van der Waals surface area contributed by atoms with E-state index >= 15 is 0 Å². The van der Waals surface area contributed by atoms with Crippen molar-refractivity contribution in [1.29, 1.82) is 0 Å². The number of rotatable bonds is 4. The molecule has 1 saturated heterocycles. The molecule has 2 rings (SSSR count). The monoisotopic (exact) mass is 280 g/mol. The summed E-state index contributed by atoms with van der Waals surface area (Å²) in [5, 5.41) is 3.71. The Morgan fingerprint density at radius 3 is 2.40 bits per heavy atom. The fourth-order valence-corrected chi connectivity index (χ4v) is 2.26. The summed E-state index contributed by atoms with van der Waals surface area (Å²) in [4.78, 5) is 30.9. The second-order valence-electron chi connectivity index (χ2n) is 4.98. The molecule has 1 aromatic heterocycles. The highest BCUT2D eigenvalue weighted by molar-refractivity contribution is 5.77. The lowest BCUT2D eigenvalue weighted by Gasteiger charge is -2.34. The van der Waals surface area contributed by atoms with Gasteiger partial charge in [0.15, 0.2) is 5.82 Å². The van der Waals surface area contributed by atoms with Crippen molar-refractivity contribution in [2.75, 3.05) is 26.2 Å². The summed E-state index contributed by atoms with van der Waals surface area (Å²) < 4.78 is 5.00. The van der Waals surface area contributed by atoms with Crippen molar-refractivity contribution in [3.05, 3.63) is 11.7 Å². The third-order valence-electron chi connectivity index (χ3n) is 3.43. The van der Waals surface area contributed by atoms with Crippen LogP contribution in [-0.2, 0) is 16.0 Å². The zero-order valence-corrected chi connectivity index (χ0v) is 12.0. The van der Waals surface area contributed by atoms with Gasteiger partial charge in [0.25, 0.3) is 0 Å². The molecule has 0 spiro atoms. The molecule has 0 aromatic carbocycles. The Labute approximate surface area is 117 Å². The topological polar surface area (TPSA) is 79.5 Å². The molecule has 2 heterocycles. The van der Waals surface area contributed by atoms with Crippen LogP contribution in [0.25, 0.3) is 0 Å². The first-order valence-corrected chi connectivity index (χ1v) is 6.88. The molecule has 1 fully saturated rings. The summed E-state index contributed by atoms with van der Waals surface area (Å²) in [6.07, 6.45) is 1.80. The first kappa shape index (κ1) is 14.5. The Hall–Kier alpha value is -1.92. The standard InChI is InChI=1S/C13H20N4O3/c1-10-14-12(20-15-10)4-3-5-13(19)17-8-6-16(7-9-17)11(2)18/h3-9H2,1-2H3. The van der Waals surface area contributed by atoms with Gasteiger partial charge in [-0.2, -0.15) is 4.98 Å². The molecule has 0 unspecified atom stereocenters. The van der Waals surface area contributed by atoms with E-state index < -0.39 is 0 Å². The van der Waals surface area contributed by atoms with Crippen molar-refractivity contribution in [2.45, 2.75) is 33.1 Å². The second-order valence-corrected chi connectivity index (χ2v) is 4.98. The zero-order chi connectivity index (χ0) is 14.5.